The number of aliphatic hydroxyl groups is 1. The van der Waals surface area contributed by atoms with Crippen molar-refractivity contribution in [1.82, 2.24) is 10.2 Å². The fraction of sp³-hybridized carbons (Fsp3) is 0.500. The molecule has 0 spiro atoms. The molecule has 0 saturated heterocycles. The molecule has 0 fully saturated rings. The zero-order valence-electron chi connectivity index (χ0n) is 11.8. The number of carbonyl (C=O) groups excluding carboxylic acids is 1. The van der Waals surface area contributed by atoms with E-state index in [0.29, 0.717) is 25.3 Å². The molecule has 0 saturated carbocycles. The molecule has 0 aliphatic rings. The number of hydrogen-bond donors (Lipinski definition) is 2. The van der Waals surface area contributed by atoms with Gasteiger partial charge >= 0.3 is 0 Å². The van der Waals surface area contributed by atoms with Gasteiger partial charge in [-0.1, -0.05) is 22.0 Å². The third-order valence-corrected chi connectivity index (χ3v) is 3.13. The van der Waals surface area contributed by atoms with Gasteiger partial charge in [-0.3, -0.25) is 4.79 Å². The summed E-state index contributed by atoms with van der Waals surface area (Å²) in [7, 11) is 3.45. The summed E-state index contributed by atoms with van der Waals surface area (Å²) in [5, 5.41) is 12.8. The Bertz CT molecular complexity index is 427. The van der Waals surface area contributed by atoms with E-state index in [1.807, 2.05) is 24.3 Å². The number of benzene rings is 1. The summed E-state index contributed by atoms with van der Waals surface area (Å²) in [6.45, 7) is 1.16. The van der Waals surface area contributed by atoms with E-state index in [0.717, 1.165) is 4.47 Å². The fourth-order valence-corrected chi connectivity index (χ4v) is 1.87. The van der Waals surface area contributed by atoms with Crippen LogP contribution in [0.2, 0.25) is 0 Å². The molecule has 0 aliphatic carbocycles. The maximum atomic E-state index is 11.3. The summed E-state index contributed by atoms with van der Waals surface area (Å²) in [6, 6.07) is 7.46. The van der Waals surface area contributed by atoms with E-state index in [9.17, 15) is 9.90 Å². The summed E-state index contributed by atoms with van der Waals surface area (Å²) in [5.41, 5.74) is 0. The van der Waals surface area contributed by atoms with E-state index < -0.39 is 6.10 Å². The average molecular weight is 345 g/mol. The minimum absolute atomic E-state index is 0.0670. The number of nitrogens with one attached hydrogen (secondary N) is 1. The normalized spacial score (nSPS) is 12.0. The summed E-state index contributed by atoms with van der Waals surface area (Å²) >= 11 is 3.35. The Morgan fingerprint density at radius 3 is 2.90 bits per heavy atom. The third-order valence-electron chi connectivity index (χ3n) is 2.63. The number of halogens is 1. The van der Waals surface area contributed by atoms with Crippen LogP contribution >= 0.6 is 15.9 Å². The van der Waals surface area contributed by atoms with Gasteiger partial charge in [0.05, 0.1) is 0 Å². The molecule has 2 N–H and O–H groups in total. The summed E-state index contributed by atoms with van der Waals surface area (Å²) in [5.74, 6) is 0.776. The summed E-state index contributed by atoms with van der Waals surface area (Å²) in [6.07, 6.45) is -0.185. The Kier molecular flexibility index (Phi) is 7.58. The molecule has 5 nitrogen and oxygen atoms in total. The van der Waals surface area contributed by atoms with Gasteiger partial charge in [0.15, 0.2) is 0 Å². The number of rotatable bonds is 8. The molecule has 0 aliphatic heterocycles. The van der Waals surface area contributed by atoms with E-state index in [-0.39, 0.29) is 12.5 Å². The maximum Gasteiger partial charge on any atom is 0.223 e. The largest absolute Gasteiger partial charge is 0.491 e. The lowest BCUT2D eigenvalue weighted by Crippen LogP contribution is -2.34. The first-order valence-corrected chi connectivity index (χ1v) is 7.25. The zero-order valence-corrected chi connectivity index (χ0v) is 13.4. The maximum absolute atomic E-state index is 11.3. The standard InChI is InChI=1S/C14H21BrN2O3/c1-17(2)14(19)6-7-16-9-12(18)10-20-13-5-3-4-11(15)8-13/h3-5,8,12,16,18H,6-7,9-10H2,1-2H3. The predicted octanol–water partition coefficient (Wildman–Crippen LogP) is 1.26. The van der Waals surface area contributed by atoms with Gasteiger partial charge in [0.2, 0.25) is 5.91 Å². The molecule has 6 heteroatoms. The molecule has 0 radical (unpaired) electrons. The van der Waals surface area contributed by atoms with E-state index in [1.54, 1.807) is 19.0 Å². The molecule has 1 unspecified atom stereocenters. The van der Waals surface area contributed by atoms with Gasteiger partial charge < -0.3 is 20.1 Å². The highest BCUT2D eigenvalue weighted by atomic mass is 79.9. The monoisotopic (exact) mass is 344 g/mol. The average Bonchev–Trinajstić information content (AvgIpc) is 2.41. The minimum Gasteiger partial charge on any atom is -0.491 e. The second-order valence-electron chi connectivity index (χ2n) is 4.66. The SMILES string of the molecule is CN(C)C(=O)CCNCC(O)COc1cccc(Br)c1. The van der Waals surface area contributed by atoms with Crippen molar-refractivity contribution in [2.24, 2.45) is 0 Å². The second kappa shape index (κ2) is 8.94. The number of nitrogens with zero attached hydrogens (tertiary/aromatic N) is 1. The second-order valence-corrected chi connectivity index (χ2v) is 5.58. The molecule has 1 rings (SSSR count). The van der Waals surface area contributed by atoms with Gasteiger partial charge in [0.25, 0.3) is 0 Å². The molecule has 0 aromatic heterocycles. The van der Waals surface area contributed by atoms with Crippen LogP contribution in [0.1, 0.15) is 6.42 Å². The summed E-state index contributed by atoms with van der Waals surface area (Å²) in [4.78, 5) is 12.9. The van der Waals surface area contributed by atoms with Crippen molar-refractivity contribution in [2.45, 2.75) is 12.5 Å². The number of aliphatic hydroxyl groups excluding tert-OH is 1. The van der Waals surface area contributed by atoms with Crippen molar-refractivity contribution < 1.29 is 14.6 Å². The zero-order chi connectivity index (χ0) is 15.0. The molecule has 0 heterocycles. The lowest BCUT2D eigenvalue weighted by Gasteiger charge is -2.14. The van der Waals surface area contributed by atoms with E-state index in [4.69, 9.17) is 4.74 Å². The molecule has 1 atom stereocenters. The van der Waals surface area contributed by atoms with Crippen molar-refractivity contribution in [1.29, 1.82) is 0 Å². The van der Waals surface area contributed by atoms with Gasteiger partial charge in [-0.25, -0.2) is 0 Å². The molecule has 0 bridgehead atoms. The Labute approximate surface area is 128 Å². The summed E-state index contributed by atoms with van der Waals surface area (Å²) < 4.78 is 6.40. The quantitative estimate of drug-likeness (QED) is 0.697. The molecule has 112 valence electrons. The first kappa shape index (κ1) is 16.9. The van der Waals surface area contributed by atoms with Crippen LogP contribution < -0.4 is 10.1 Å². The van der Waals surface area contributed by atoms with Crippen LogP contribution in [0.5, 0.6) is 5.75 Å². The van der Waals surface area contributed by atoms with Crippen molar-refractivity contribution >= 4 is 21.8 Å². The van der Waals surface area contributed by atoms with Crippen molar-refractivity contribution in [3.63, 3.8) is 0 Å². The number of hydrogen-bond acceptors (Lipinski definition) is 4. The highest BCUT2D eigenvalue weighted by Crippen LogP contribution is 2.17. The molecule has 1 aromatic rings. The molecule has 20 heavy (non-hydrogen) atoms. The Morgan fingerprint density at radius 1 is 1.50 bits per heavy atom. The number of amides is 1. The van der Waals surface area contributed by atoms with Crippen LogP contribution in [0.3, 0.4) is 0 Å². The highest BCUT2D eigenvalue weighted by Gasteiger charge is 2.07. The van der Waals surface area contributed by atoms with Crippen LogP contribution in [0.25, 0.3) is 0 Å². The Hall–Kier alpha value is -1.11. The first-order chi connectivity index (χ1) is 9.49. The molecular weight excluding hydrogens is 324 g/mol. The smallest absolute Gasteiger partial charge is 0.223 e. The molecular formula is C14H21BrN2O3. The van der Waals surface area contributed by atoms with Crippen LogP contribution in [-0.2, 0) is 4.79 Å². The van der Waals surface area contributed by atoms with E-state index in [1.165, 1.54) is 0 Å². The van der Waals surface area contributed by atoms with Crippen molar-refractivity contribution in [2.75, 3.05) is 33.8 Å². The van der Waals surface area contributed by atoms with Crippen LogP contribution in [0, 0.1) is 0 Å². The highest BCUT2D eigenvalue weighted by molar-refractivity contribution is 9.10. The van der Waals surface area contributed by atoms with Crippen LogP contribution in [-0.4, -0.2) is 55.8 Å². The van der Waals surface area contributed by atoms with Gasteiger partial charge in [-0.05, 0) is 18.2 Å². The predicted molar refractivity (Wildman–Crippen MR) is 81.8 cm³/mol. The van der Waals surface area contributed by atoms with Gasteiger partial charge in [-0.15, -0.1) is 0 Å². The topological polar surface area (TPSA) is 61.8 Å². The Morgan fingerprint density at radius 2 is 2.25 bits per heavy atom. The Balaban J connectivity index is 2.14. The van der Waals surface area contributed by atoms with Gasteiger partial charge in [0, 0.05) is 38.1 Å². The van der Waals surface area contributed by atoms with E-state index >= 15 is 0 Å². The lowest BCUT2D eigenvalue weighted by atomic mass is 10.3. The van der Waals surface area contributed by atoms with Crippen molar-refractivity contribution in [3.8, 4) is 5.75 Å². The van der Waals surface area contributed by atoms with Crippen molar-refractivity contribution in [3.05, 3.63) is 28.7 Å². The minimum atomic E-state index is -0.608. The van der Waals surface area contributed by atoms with Crippen LogP contribution in [0.4, 0.5) is 0 Å². The molecule has 1 aromatic carbocycles. The first-order valence-electron chi connectivity index (χ1n) is 6.46. The number of carbonyl (C=O) groups is 1. The fourth-order valence-electron chi connectivity index (χ4n) is 1.50. The van der Waals surface area contributed by atoms with Gasteiger partial charge in [-0.2, -0.15) is 0 Å². The van der Waals surface area contributed by atoms with Crippen LogP contribution in [0.15, 0.2) is 28.7 Å². The van der Waals surface area contributed by atoms with E-state index in [2.05, 4.69) is 21.2 Å². The lowest BCUT2D eigenvalue weighted by molar-refractivity contribution is -0.128. The third kappa shape index (κ3) is 6.88. The van der Waals surface area contributed by atoms with Gasteiger partial charge in [0.1, 0.15) is 18.5 Å². The number of ether oxygens (including phenoxy) is 1. The molecule has 1 amide bonds.